The Labute approximate surface area is 145 Å². The molecule has 25 heavy (non-hydrogen) atoms. The number of primary amides is 1. The molecule has 3 rings (SSSR count). The van der Waals surface area contributed by atoms with Gasteiger partial charge in [0.1, 0.15) is 0 Å². The number of benzene rings is 1. The minimum Gasteiger partial charge on any atom is -0.371 e. The summed E-state index contributed by atoms with van der Waals surface area (Å²) in [5, 5.41) is 11.9. The van der Waals surface area contributed by atoms with Gasteiger partial charge in [0.15, 0.2) is 0 Å². The van der Waals surface area contributed by atoms with Crippen LogP contribution in [0.5, 0.6) is 0 Å². The molecule has 1 atom stereocenters. The second kappa shape index (κ2) is 7.69. The molecule has 0 spiro atoms. The Balaban J connectivity index is 1.51. The molecule has 3 amide bonds. The highest BCUT2D eigenvalue weighted by molar-refractivity contribution is 5.88. The van der Waals surface area contributed by atoms with Gasteiger partial charge >= 0.3 is 6.03 Å². The number of aromatic nitrogens is 2. The predicted octanol–water partition coefficient (Wildman–Crippen LogP) is 1.43. The lowest BCUT2D eigenvalue weighted by Gasteiger charge is -2.33. The van der Waals surface area contributed by atoms with E-state index in [0.717, 1.165) is 30.6 Å². The van der Waals surface area contributed by atoms with E-state index in [-0.39, 0.29) is 17.9 Å². The minimum atomic E-state index is -0.286. The average molecular weight is 342 g/mol. The molecule has 1 aliphatic rings. The SMILES string of the molecule is NC(=O)[C@H]1CCCN(c2ccc(CNC(=O)Nc3cn[nH]c3)cc2)C1. The molecular formula is C17H22N6O2. The monoisotopic (exact) mass is 342 g/mol. The molecular weight excluding hydrogens is 320 g/mol. The van der Waals surface area contributed by atoms with E-state index in [9.17, 15) is 9.59 Å². The van der Waals surface area contributed by atoms with E-state index in [0.29, 0.717) is 18.8 Å². The number of urea groups is 1. The van der Waals surface area contributed by atoms with Crippen molar-refractivity contribution in [3.63, 3.8) is 0 Å². The standard InChI is InChI=1S/C17H22N6O2/c18-16(24)13-2-1-7-23(11-13)15-5-3-12(4-6-15)8-19-17(25)22-14-9-20-21-10-14/h3-6,9-10,13H,1-2,7-8,11H2,(H2,18,24)(H,20,21)(H2,19,22,25)/t13-/m0/s1. The summed E-state index contributed by atoms with van der Waals surface area (Å²) in [7, 11) is 0. The van der Waals surface area contributed by atoms with Gasteiger partial charge < -0.3 is 21.3 Å². The highest BCUT2D eigenvalue weighted by atomic mass is 16.2. The van der Waals surface area contributed by atoms with E-state index in [1.807, 2.05) is 24.3 Å². The van der Waals surface area contributed by atoms with E-state index in [1.165, 1.54) is 6.20 Å². The van der Waals surface area contributed by atoms with Crippen molar-refractivity contribution in [3.8, 4) is 0 Å². The zero-order chi connectivity index (χ0) is 17.6. The van der Waals surface area contributed by atoms with Crippen molar-refractivity contribution in [3.05, 3.63) is 42.2 Å². The quantitative estimate of drug-likeness (QED) is 0.658. The number of amides is 3. The maximum atomic E-state index is 11.8. The first-order valence-electron chi connectivity index (χ1n) is 8.28. The van der Waals surface area contributed by atoms with E-state index in [1.54, 1.807) is 6.20 Å². The molecule has 2 heterocycles. The maximum Gasteiger partial charge on any atom is 0.319 e. The van der Waals surface area contributed by atoms with E-state index in [2.05, 4.69) is 25.7 Å². The Hall–Kier alpha value is -3.03. The van der Waals surface area contributed by atoms with Crippen molar-refractivity contribution >= 4 is 23.3 Å². The molecule has 2 aromatic rings. The minimum absolute atomic E-state index is 0.0817. The van der Waals surface area contributed by atoms with Gasteiger partial charge in [-0.2, -0.15) is 5.10 Å². The fourth-order valence-electron chi connectivity index (χ4n) is 2.95. The summed E-state index contributed by atoms with van der Waals surface area (Å²) in [6, 6.07) is 7.68. The number of aromatic amines is 1. The number of piperidine rings is 1. The fraction of sp³-hybridized carbons (Fsp3) is 0.353. The lowest BCUT2D eigenvalue weighted by Crippen LogP contribution is -2.41. The summed E-state index contributed by atoms with van der Waals surface area (Å²) in [5.41, 5.74) is 8.11. The van der Waals surface area contributed by atoms with Crippen LogP contribution in [0.2, 0.25) is 0 Å². The van der Waals surface area contributed by atoms with Crippen LogP contribution in [0.3, 0.4) is 0 Å². The van der Waals surface area contributed by atoms with Crippen molar-refractivity contribution in [2.45, 2.75) is 19.4 Å². The first-order valence-corrected chi connectivity index (χ1v) is 8.28. The van der Waals surface area contributed by atoms with Crippen LogP contribution >= 0.6 is 0 Å². The lowest BCUT2D eigenvalue weighted by atomic mass is 9.97. The fourth-order valence-corrected chi connectivity index (χ4v) is 2.95. The highest BCUT2D eigenvalue weighted by Crippen LogP contribution is 2.23. The van der Waals surface area contributed by atoms with Crippen molar-refractivity contribution in [2.24, 2.45) is 11.7 Å². The van der Waals surface area contributed by atoms with Crippen LogP contribution < -0.4 is 21.3 Å². The van der Waals surface area contributed by atoms with Crippen LogP contribution in [0.15, 0.2) is 36.7 Å². The largest absolute Gasteiger partial charge is 0.371 e. The topological polar surface area (TPSA) is 116 Å². The molecule has 1 aliphatic heterocycles. The molecule has 1 aromatic heterocycles. The molecule has 1 aromatic carbocycles. The van der Waals surface area contributed by atoms with Gasteiger partial charge in [-0.15, -0.1) is 0 Å². The third kappa shape index (κ3) is 4.50. The smallest absolute Gasteiger partial charge is 0.319 e. The van der Waals surface area contributed by atoms with Crippen LogP contribution in [-0.2, 0) is 11.3 Å². The molecule has 0 aliphatic carbocycles. The number of nitrogens with two attached hydrogens (primary N) is 1. The Bertz CT molecular complexity index is 713. The average Bonchev–Trinajstić information content (AvgIpc) is 3.13. The van der Waals surface area contributed by atoms with E-state index >= 15 is 0 Å². The summed E-state index contributed by atoms with van der Waals surface area (Å²) >= 11 is 0. The molecule has 1 fully saturated rings. The Morgan fingerprint density at radius 1 is 1.32 bits per heavy atom. The van der Waals surface area contributed by atoms with E-state index in [4.69, 9.17) is 5.73 Å². The highest BCUT2D eigenvalue weighted by Gasteiger charge is 2.23. The second-order valence-electron chi connectivity index (χ2n) is 6.15. The van der Waals surface area contributed by atoms with Crippen molar-refractivity contribution in [2.75, 3.05) is 23.3 Å². The summed E-state index contributed by atoms with van der Waals surface area (Å²) < 4.78 is 0. The summed E-state index contributed by atoms with van der Waals surface area (Å²) in [4.78, 5) is 25.4. The van der Waals surface area contributed by atoms with Gasteiger partial charge in [-0.25, -0.2) is 4.79 Å². The number of carbonyl (C=O) groups is 2. The van der Waals surface area contributed by atoms with Gasteiger partial charge in [0, 0.05) is 31.5 Å². The number of carbonyl (C=O) groups excluding carboxylic acids is 2. The summed E-state index contributed by atoms with van der Waals surface area (Å²) in [6.07, 6.45) is 4.96. The van der Waals surface area contributed by atoms with Gasteiger partial charge in [-0.05, 0) is 30.5 Å². The zero-order valence-electron chi connectivity index (χ0n) is 13.9. The van der Waals surface area contributed by atoms with Crippen LogP contribution in [0.1, 0.15) is 18.4 Å². The number of nitrogens with zero attached hydrogens (tertiary/aromatic N) is 2. The number of hydrogen-bond acceptors (Lipinski definition) is 4. The van der Waals surface area contributed by atoms with Crippen molar-refractivity contribution in [1.29, 1.82) is 0 Å². The Morgan fingerprint density at radius 2 is 2.12 bits per heavy atom. The van der Waals surface area contributed by atoms with Crippen molar-refractivity contribution in [1.82, 2.24) is 15.5 Å². The van der Waals surface area contributed by atoms with Crippen LogP contribution in [0, 0.1) is 5.92 Å². The molecule has 132 valence electrons. The van der Waals surface area contributed by atoms with Gasteiger partial charge in [-0.3, -0.25) is 9.89 Å². The number of anilines is 2. The number of H-pyrrole nitrogens is 1. The molecule has 8 heteroatoms. The molecule has 0 unspecified atom stereocenters. The van der Waals surface area contributed by atoms with Crippen LogP contribution in [0.4, 0.5) is 16.2 Å². The Kier molecular flexibility index (Phi) is 5.17. The van der Waals surface area contributed by atoms with Gasteiger partial charge in [0.2, 0.25) is 5.91 Å². The molecule has 0 bridgehead atoms. The maximum absolute atomic E-state index is 11.8. The first-order chi connectivity index (χ1) is 12.1. The molecule has 0 saturated carbocycles. The first kappa shape index (κ1) is 16.8. The van der Waals surface area contributed by atoms with Gasteiger partial charge in [0.25, 0.3) is 0 Å². The van der Waals surface area contributed by atoms with Gasteiger partial charge in [0.05, 0.1) is 17.8 Å². The third-order valence-electron chi connectivity index (χ3n) is 4.33. The zero-order valence-corrected chi connectivity index (χ0v) is 13.9. The normalized spacial score (nSPS) is 17.1. The third-order valence-corrected chi connectivity index (χ3v) is 4.33. The summed E-state index contributed by atoms with van der Waals surface area (Å²) in [5.74, 6) is -0.309. The number of hydrogen-bond donors (Lipinski definition) is 4. The molecule has 8 nitrogen and oxygen atoms in total. The Morgan fingerprint density at radius 3 is 2.80 bits per heavy atom. The molecule has 1 saturated heterocycles. The second-order valence-corrected chi connectivity index (χ2v) is 6.15. The molecule has 0 radical (unpaired) electrons. The summed E-state index contributed by atoms with van der Waals surface area (Å²) in [6.45, 7) is 2.02. The van der Waals surface area contributed by atoms with Crippen molar-refractivity contribution < 1.29 is 9.59 Å². The number of nitrogens with one attached hydrogen (secondary N) is 3. The van der Waals surface area contributed by atoms with E-state index < -0.39 is 0 Å². The lowest BCUT2D eigenvalue weighted by molar-refractivity contribution is -0.122. The van der Waals surface area contributed by atoms with Gasteiger partial charge in [-0.1, -0.05) is 12.1 Å². The van der Waals surface area contributed by atoms with Crippen LogP contribution in [0.25, 0.3) is 0 Å². The van der Waals surface area contributed by atoms with Crippen LogP contribution in [-0.4, -0.2) is 35.2 Å². The predicted molar refractivity (Wildman–Crippen MR) is 95.0 cm³/mol. The number of rotatable bonds is 5. The molecule has 5 N–H and O–H groups in total.